The van der Waals surface area contributed by atoms with E-state index < -0.39 is 15.9 Å². The van der Waals surface area contributed by atoms with Gasteiger partial charge in [0.25, 0.3) is 0 Å². The molecule has 2 N–H and O–H groups in total. The maximum Gasteiger partial charge on any atom is 0.335 e. The smallest absolute Gasteiger partial charge is 0.326 e. The first-order valence-corrected chi connectivity index (χ1v) is 10.2. The van der Waals surface area contributed by atoms with Crippen molar-refractivity contribution in [2.24, 2.45) is 0 Å². The molecule has 0 aliphatic heterocycles. The van der Waals surface area contributed by atoms with Crippen LogP contribution < -0.4 is 0 Å². The molecule has 7 heteroatoms. The summed E-state index contributed by atoms with van der Waals surface area (Å²) in [5.41, 5.74) is 0. The molecule has 0 aliphatic rings. The first-order chi connectivity index (χ1) is 8.98. The summed E-state index contributed by atoms with van der Waals surface area (Å²) in [4.78, 5) is 17.6. The lowest BCUT2D eigenvalue weighted by Gasteiger charge is -2.09. The summed E-state index contributed by atoms with van der Waals surface area (Å²) in [7, 11) is -7.16. The Labute approximate surface area is 117 Å². The molecule has 19 heavy (non-hydrogen) atoms. The van der Waals surface area contributed by atoms with Gasteiger partial charge in [-0.2, -0.15) is 0 Å². The second-order valence-electron chi connectivity index (χ2n) is 4.90. The Hall–Kier alpha value is 0.340. The topological polar surface area (TPSA) is 83.8 Å². The predicted molar refractivity (Wildman–Crippen MR) is 78.8 cm³/mol. The highest BCUT2D eigenvalue weighted by Gasteiger charge is 2.20. The minimum absolute atomic E-state index is 0.0273. The highest BCUT2D eigenvalue weighted by atomic mass is 31.2. The Morgan fingerprint density at radius 1 is 0.947 bits per heavy atom. The molecule has 0 aromatic carbocycles. The molecule has 116 valence electrons. The van der Waals surface area contributed by atoms with Gasteiger partial charge >= 0.3 is 15.9 Å². The average molecular weight is 314 g/mol. The molecular weight excluding hydrogens is 286 g/mol. The van der Waals surface area contributed by atoms with Crippen LogP contribution in [-0.4, -0.2) is 15.9 Å². The van der Waals surface area contributed by atoms with E-state index in [0.29, 0.717) is 6.42 Å². The fourth-order valence-corrected chi connectivity index (χ4v) is 3.93. The van der Waals surface area contributed by atoms with Crippen molar-refractivity contribution in [1.29, 1.82) is 0 Å². The SMILES string of the molecule is CCCCCCCCCCCCP(=O)(O)O[PH](=O)O. The molecule has 0 spiro atoms. The Morgan fingerprint density at radius 3 is 1.79 bits per heavy atom. The molecule has 5 nitrogen and oxygen atoms in total. The van der Waals surface area contributed by atoms with Crippen LogP contribution in [0, 0.1) is 0 Å². The number of hydrogen-bond donors (Lipinski definition) is 2. The van der Waals surface area contributed by atoms with E-state index in [-0.39, 0.29) is 6.16 Å². The van der Waals surface area contributed by atoms with E-state index in [9.17, 15) is 14.0 Å². The minimum Gasteiger partial charge on any atom is -0.326 e. The molecule has 0 rings (SSSR count). The van der Waals surface area contributed by atoms with Crippen LogP contribution in [-0.2, 0) is 13.4 Å². The van der Waals surface area contributed by atoms with Crippen molar-refractivity contribution in [3.63, 3.8) is 0 Å². The first kappa shape index (κ1) is 19.3. The lowest BCUT2D eigenvalue weighted by molar-refractivity contribution is 0.348. The molecule has 0 aromatic heterocycles. The van der Waals surface area contributed by atoms with Crippen molar-refractivity contribution < 1.29 is 23.2 Å². The van der Waals surface area contributed by atoms with Gasteiger partial charge in [0.2, 0.25) is 0 Å². The van der Waals surface area contributed by atoms with Gasteiger partial charge in [-0.05, 0) is 6.42 Å². The molecule has 0 fully saturated rings. The van der Waals surface area contributed by atoms with Gasteiger partial charge in [0, 0.05) is 0 Å². The van der Waals surface area contributed by atoms with Crippen LogP contribution in [0.15, 0.2) is 0 Å². The van der Waals surface area contributed by atoms with Crippen molar-refractivity contribution >= 4 is 15.9 Å². The molecule has 2 unspecified atom stereocenters. The highest BCUT2D eigenvalue weighted by Crippen LogP contribution is 2.50. The molecule has 0 bridgehead atoms. The first-order valence-electron chi connectivity index (χ1n) is 7.22. The third kappa shape index (κ3) is 14.6. The standard InChI is InChI=1S/C12H28O5P2/c1-2-3-4-5-6-7-8-9-10-11-12-19(15,16)17-18(13)14/h18H,2-12H2,1H3,(H,13,14)(H,15,16). The molecule has 2 atom stereocenters. The van der Waals surface area contributed by atoms with Gasteiger partial charge in [0.05, 0.1) is 6.16 Å². The fraction of sp³-hybridized carbons (Fsp3) is 1.00. The summed E-state index contributed by atoms with van der Waals surface area (Å²) in [5, 5.41) is 0. The van der Waals surface area contributed by atoms with Crippen LogP contribution in [0.25, 0.3) is 0 Å². The normalized spacial score (nSPS) is 16.2. The summed E-state index contributed by atoms with van der Waals surface area (Å²) in [6, 6.07) is 0. The quantitative estimate of drug-likeness (QED) is 0.386. The minimum atomic E-state index is -3.84. The van der Waals surface area contributed by atoms with Gasteiger partial charge < -0.3 is 9.79 Å². The molecule has 0 radical (unpaired) electrons. The number of unbranched alkanes of at least 4 members (excludes halogenated alkanes) is 9. The molecule has 0 saturated heterocycles. The van der Waals surface area contributed by atoms with Crippen LogP contribution in [0.1, 0.15) is 71.1 Å². The van der Waals surface area contributed by atoms with Crippen LogP contribution in [0.3, 0.4) is 0 Å². The van der Waals surface area contributed by atoms with E-state index in [1.807, 2.05) is 0 Å². The van der Waals surface area contributed by atoms with Gasteiger partial charge in [-0.1, -0.05) is 64.7 Å². The molecule has 0 saturated carbocycles. The van der Waals surface area contributed by atoms with E-state index in [4.69, 9.17) is 4.89 Å². The van der Waals surface area contributed by atoms with Gasteiger partial charge in [0.15, 0.2) is 0 Å². The van der Waals surface area contributed by atoms with Crippen LogP contribution >= 0.6 is 15.9 Å². The van der Waals surface area contributed by atoms with Gasteiger partial charge in [-0.3, -0.25) is 9.13 Å². The van der Waals surface area contributed by atoms with E-state index in [1.54, 1.807) is 0 Å². The Morgan fingerprint density at radius 2 is 1.37 bits per heavy atom. The summed E-state index contributed by atoms with van der Waals surface area (Å²) in [5.74, 6) is 0. The van der Waals surface area contributed by atoms with Crippen molar-refractivity contribution in [2.75, 3.05) is 6.16 Å². The van der Waals surface area contributed by atoms with Crippen molar-refractivity contribution in [3.8, 4) is 0 Å². The maximum absolute atomic E-state index is 11.3. The van der Waals surface area contributed by atoms with Crippen LogP contribution in [0.2, 0.25) is 0 Å². The molecule has 0 amide bonds. The van der Waals surface area contributed by atoms with Crippen molar-refractivity contribution in [2.45, 2.75) is 71.1 Å². The zero-order valence-corrected chi connectivity index (χ0v) is 13.7. The summed E-state index contributed by atoms with van der Waals surface area (Å²) < 4.78 is 25.7. The lowest BCUT2D eigenvalue weighted by Crippen LogP contribution is -1.91. The maximum atomic E-state index is 11.3. The Kier molecular flexibility index (Phi) is 12.3. The van der Waals surface area contributed by atoms with E-state index in [1.165, 1.54) is 38.5 Å². The van der Waals surface area contributed by atoms with Crippen molar-refractivity contribution in [1.82, 2.24) is 0 Å². The highest BCUT2D eigenvalue weighted by molar-refractivity contribution is 7.59. The molecular formula is C12H28O5P2. The number of hydrogen-bond acceptors (Lipinski definition) is 3. The van der Waals surface area contributed by atoms with Crippen LogP contribution in [0.4, 0.5) is 0 Å². The second kappa shape index (κ2) is 12.1. The zero-order valence-electron chi connectivity index (χ0n) is 11.8. The summed E-state index contributed by atoms with van der Waals surface area (Å²) in [6.45, 7) is 2.21. The fourth-order valence-electron chi connectivity index (χ4n) is 1.97. The Balaban J connectivity index is 3.31. The van der Waals surface area contributed by atoms with Crippen molar-refractivity contribution in [3.05, 3.63) is 0 Å². The predicted octanol–water partition coefficient (Wildman–Crippen LogP) is 4.49. The molecule has 0 aliphatic carbocycles. The largest absolute Gasteiger partial charge is 0.335 e. The average Bonchev–Trinajstić information content (AvgIpc) is 2.30. The summed E-state index contributed by atoms with van der Waals surface area (Å²) in [6.07, 6.45) is 11.3. The van der Waals surface area contributed by atoms with Gasteiger partial charge in [-0.15, -0.1) is 0 Å². The van der Waals surface area contributed by atoms with Crippen LogP contribution in [0.5, 0.6) is 0 Å². The number of rotatable bonds is 13. The monoisotopic (exact) mass is 314 g/mol. The molecule has 0 aromatic rings. The van der Waals surface area contributed by atoms with Gasteiger partial charge in [0.1, 0.15) is 0 Å². The third-order valence-electron chi connectivity index (χ3n) is 3.01. The van der Waals surface area contributed by atoms with E-state index in [0.717, 1.165) is 19.3 Å². The third-order valence-corrected chi connectivity index (χ3v) is 5.66. The van der Waals surface area contributed by atoms with Gasteiger partial charge in [-0.25, -0.2) is 4.31 Å². The zero-order chi connectivity index (χ0) is 14.6. The molecule has 0 heterocycles. The second-order valence-corrected chi connectivity index (χ2v) is 7.88. The lowest BCUT2D eigenvalue weighted by atomic mass is 10.1. The Bertz CT molecular complexity index is 283. The van der Waals surface area contributed by atoms with E-state index >= 15 is 0 Å². The van der Waals surface area contributed by atoms with E-state index in [2.05, 4.69) is 11.2 Å². The summed E-state index contributed by atoms with van der Waals surface area (Å²) >= 11 is 0.